The number of anilines is 1. The summed E-state index contributed by atoms with van der Waals surface area (Å²) in [7, 11) is 1.44. The van der Waals surface area contributed by atoms with Crippen molar-refractivity contribution >= 4 is 39.1 Å². The van der Waals surface area contributed by atoms with Crippen molar-refractivity contribution < 1.29 is 9.13 Å². The van der Waals surface area contributed by atoms with Crippen LogP contribution in [0.4, 0.5) is 10.2 Å². The Balaban J connectivity index is 1.70. The Kier molecular flexibility index (Phi) is 5.11. The number of aromatic nitrogens is 3. The van der Waals surface area contributed by atoms with Gasteiger partial charge < -0.3 is 15.0 Å². The van der Waals surface area contributed by atoms with E-state index in [2.05, 4.69) is 20.3 Å². The molecular weight excluding hydrogens is 431 g/mol. The van der Waals surface area contributed by atoms with Gasteiger partial charge in [-0.15, -0.1) is 0 Å². The predicted octanol–water partition coefficient (Wildman–Crippen LogP) is 4.30. The van der Waals surface area contributed by atoms with Gasteiger partial charge in [0.15, 0.2) is 12.0 Å². The molecule has 160 valence electrons. The third kappa shape index (κ3) is 3.31. The summed E-state index contributed by atoms with van der Waals surface area (Å²) in [6.07, 6.45) is 4.33. The van der Waals surface area contributed by atoms with Gasteiger partial charge in [0.2, 0.25) is 0 Å². The number of nitrogens with one attached hydrogen (secondary N) is 1. The minimum absolute atomic E-state index is 0.00548. The van der Waals surface area contributed by atoms with Gasteiger partial charge in [0.25, 0.3) is 0 Å². The van der Waals surface area contributed by atoms with E-state index in [4.69, 9.17) is 21.6 Å². The van der Waals surface area contributed by atoms with Crippen molar-refractivity contribution in [3.8, 4) is 23.5 Å². The lowest BCUT2D eigenvalue weighted by Crippen LogP contribution is -2.29. The molecule has 0 bridgehead atoms. The second-order valence-electron chi connectivity index (χ2n) is 7.55. The van der Waals surface area contributed by atoms with E-state index >= 15 is 4.39 Å². The zero-order valence-corrected chi connectivity index (χ0v) is 17.9. The Bertz CT molecular complexity index is 1380. The Morgan fingerprint density at radius 1 is 1.25 bits per heavy atom. The summed E-state index contributed by atoms with van der Waals surface area (Å²) in [6.45, 7) is 1.22. The lowest BCUT2D eigenvalue weighted by molar-refractivity contribution is 0.381. The first-order valence-electron chi connectivity index (χ1n) is 10.1. The molecule has 7 nitrogen and oxygen atoms in total. The molecule has 1 aliphatic rings. The van der Waals surface area contributed by atoms with Crippen LogP contribution in [0, 0.1) is 17.3 Å². The van der Waals surface area contributed by atoms with Crippen LogP contribution in [-0.4, -0.2) is 41.2 Å². The summed E-state index contributed by atoms with van der Waals surface area (Å²) >= 11 is 6.45. The highest BCUT2D eigenvalue weighted by Gasteiger charge is 2.27. The van der Waals surface area contributed by atoms with Crippen LogP contribution in [0.5, 0.6) is 6.01 Å². The minimum atomic E-state index is -0.567. The molecule has 1 aliphatic heterocycles. The number of benzene rings is 2. The second kappa shape index (κ2) is 8.09. The summed E-state index contributed by atoms with van der Waals surface area (Å²) in [6, 6.07) is 11.2. The van der Waals surface area contributed by atoms with Crippen molar-refractivity contribution in [3.05, 3.63) is 53.4 Å². The molecule has 2 aromatic carbocycles. The zero-order valence-electron chi connectivity index (χ0n) is 17.1. The smallest absolute Gasteiger partial charge is 0.318 e. The maximum atomic E-state index is 15.9. The minimum Gasteiger partial charge on any atom is -0.467 e. The van der Waals surface area contributed by atoms with Gasteiger partial charge in [0, 0.05) is 35.3 Å². The highest BCUT2D eigenvalue weighted by atomic mass is 35.5. The van der Waals surface area contributed by atoms with E-state index in [1.807, 2.05) is 35.4 Å². The predicted molar refractivity (Wildman–Crippen MR) is 121 cm³/mol. The Labute approximate surface area is 188 Å². The third-order valence-corrected chi connectivity index (χ3v) is 6.01. The highest BCUT2D eigenvalue weighted by Crippen LogP contribution is 2.37. The molecule has 0 aliphatic carbocycles. The van der Waals surface area contributed by atoms with E-state index in [-0.39, 0.29) is 23.3 Å². The Morgan fingerprint density at radius 2 is 2.06 bits per heavy atom. The first-order chi connectivity index (χ1) is 15.6. The molecule has 0 spiro atoms. The topological polar surface area (TPSA) is 87.0 Å². The van der Waals surface area contributed by atoms with E-state index in [0.29, 0.717) is 34.9 Å². The second-order valence-corrected chi connectivity index (χ2v) is 7.96. The van der Waals surface area contributed by atoms with Gasteiger partial charge in [0.1, 0.15) is 17.0 Å². The SMILES string of the molecule is COc1nc(N2CCC(NC#N)C2)c2cnc(-c3cccc4cccc(Cl)c34)c(F)c2n1. The third-order valence-electron chi connectivity index (χ3n) is 5.69. The fourth-order valence-corrected chi connectivity index (χ4v) is 4.48. The number of pyridine rings is 1. The lowest BCUT2D eigenvalue weighted by atomic mass is 10.0. The quantitative estimate of drug-likeness (QED) is 0.368. The molecule has 4 aromatic rings. The average Bonchev–Trinajstić information content (AvgIpc) is 3.27. The van der Waals surface area contributed by atoms with Crippen LogP contribution in [0.15, 0.2) is 42.6 Å². The fourth-order valence-electron chi connectivity index (χ4n) is 4.20. The summed E-state index contributed by atoms with van der Waals surface area (Å²) in [5, 5.41) is 14.3. The molecule has 32 heavy (non-hydrogen) atoms. The standard InChI is InChI=1S/C23H18ClFN6O/c1-32-23-29-21-16(22(30-23)31-9-8-14(11-31)28-12-26)10-27-20(19(21)25)15-6-2-4-13-5-3-7-17(24)18(13)15/h2-7,10,14,28H,8-9,11H2,1H3. The molecular formula is C23H18ClFN6O. The number of ether oxygens (including phenoxy) is 1. The first-order valence-corrected chi connectivity index (χ1v) is 10.5. The molecule has 1 atom stereocenters. The van der Waals surface area contributed by atoms with Crippen LogP contribution in [-0.2, 0) is 0 Å². The van der Waals surface area contributed by atoms with E-state index < -0.39 is 5.82 Å². The van der Waals surface area contributed by atoms with E-state index in [1.165, 1.54) is 7.11 Å². The highest BCUT2D eigenvalue weighted by molar-refractivity contribution is 6.36. The molecule has 9 heteroatoms. The molecule has 0 radical (unpaired) electrons. The molecule has 1 N–H and O–H groups in total. The molecule has 1 fully saturated rings. The number of hydrogen-bond donors (Lipinski definition) is 1. The molecule has 1 unspecified atom stereocenters. The average molecular weight is 449 g/mol. The number of halogens is 2. The molecule has 1 saturated heterocycles. The maximum Gasteiger partial charge on any atom is 0.318 e. The fraction of sp³-hybridized carbons (Fsp3) is 0.217. The maximum absolute atomic E-state index is 15.9. The number of fused-ring (bicyclic) bond motifs is 2. The van der Waals surface area contributed by atoms with Gasteiger partial charge in [-0.1, -0.05) is 41.9 Å². The number of nitriles is 1. The van der Waals surface area contributed by atoms with Crippen molar-refractivity contribution in [2.45, 2.75) is 12.5 Å². The summed E-state index contributed by atoms with van der Waals surface area (Å²) in [5.41, 5.74) is 0.872. The Hall–Kier alpha value is -3.70. The number of methoxy groups -OCH3 is 1. The summed E-state index contributed by atoms with van der Waals surface area (Å²) in [5.74, 6) is -0.0363. The molecule has 0 amide bonds. The van der Waals surface area contributed by atoms with Gasteiger partial charge in [-0.25, -0.2) is 4.39 Å². The number of nitrogens with zero attached hydrogens (tertiary/aromatic N) is 5. The number of rotatable bonds is 4. The van der Waals surface area contributed by atoms with Crippen LogP contribution in [0.3, 0.4) is 0 Å². The normalized spacial score (nSPS) is 15.8. The van der Waals surface area contributed by atoms with Gasteiger partial charge in [-0.05, 0) is 17.9 Å². The molecule has 3 heterocycles. The molecule has 2 aromatic heterocycles. The van der Waals surface area contributed by atoms with Crippen molar-refractivity contribution in [1.82, 2.24) is 20.3 Å². The first kappa shape index (κ1) is 20.2. The van der Waals surface area contributed by atoms with E-state index in [0.717, 1.165) is 17.2 Å². The monoisotopic (exact) mass is 448 g/mol. The summed E-state index contributed by atoms with van der Waals surface area (Å²) in [4.78, 5) is 15.2. The van der Waals surface area contributed by atoms with Gasteiger partial charge >= 0.3 is 6.01 Å². The van der Waals surface area contributed by atoms with Crippen molar-refractivity contribution in [1.29, 1.82) is 5.26 Å². The summed E-state index contributed by atoms with van der Waals surface area (Å²) < 4.78 is 21.1. The van der Waals surface area contributed by atoms with Crippen LogP contribution in [0.2, 0.25) is 5.02 Å². The number of hydrogen-bond acceptors (Lipinski definition) is 7. The lowest BCUT2D eigenvalue weighted by Gasteiger charge is -2.20. The van der Waals surface area contributed by atoms with E-state index in [1.54, 1.807) is 18.3 Å². The van der Waals surface area contributed by atoms with Gasteiger partial charge in [-0.3, -0.25) is 4.98 Å². The molecule has 5 rings (SSSR count). The van der Waals surface area contributed by atoms with Crippen molar-refractivity contribution in [3.63, 3.8) is 0 Å². The van der Waals surface area contributed by atoms with Gasteiger partial charge in [-0.2, -0.15) is 15.2 Å². The van der Waals surface area contributed by atoms with Crippen LogP contribution in [0.25, 0.3) is 32.9 Å². The van der Waals surface area contributed by atoms with Crippen LogP contribution >= 0.6 is 11.6 Å². The molecule has 0 saturated carbocycles. The largest absolute Gasteiger partial charge is 0.467 e. The zero-order chi connectivity index (χ0) is 22.2. The van der Waals surface area contributed by atoms with Crippen molar-refractivity contribution in [2.24, 2.45) is 0 Å². The Morgan fingerprint density at radius 3 is 2.84 bits per heavy atom. The van der Waals surface area contributed by atoms with Crippen LogP contribution in [0.1, 0.15) is 6.42 Å². The van der Waals surface area contributed by atoms with Crippen molar-refractivity contribution in [2.75, 3.05) is 25.1 Å². The van der Waals surface area contributed by atoms with Crippen LogP contribution < -0.4 is 15.0 Å². The van der Waals surface area contributed by atoms with Gasteiger partial charge in [0.05, 0.1) is 18.5 Å². The van der Waals surface area contributed by atoms with E-state index in [9.17, 15) is 0 Å².